The molecular formula is C21H19BrClFN2O3. The second-order valence-electron chi connectivity index (χ2n) is 6.73. The normalized spacial score (nSPS) is 14.0. The van der Waals surface area contributed by atoms with Crippen LogP contribution in [0.25, 0.3) is 0 Å². The summed E-state index contributed by atoms with van der Waals surface area (Å²) < 4.78 is 14.1. The molecule has 0 N–H and O–H groups in total. The molecule has 5 nitrogen and oxygen atoms in total. The third kappa shape index (κ3) is 5.42. The molecule has 0 bridgehead atoms. The fraction of sp³-hybridized carbons (Fsp3) is 0.286. The molecular weight excluding hydrogens is 463 g/mol. The van der Waals surface area contributed by atoms with Crippen LogP contribution in [0.2, 0.25) is 5.02 Å². The SMILES string of the molecule is O=C(CCC(=O)N1CCN(C(=O)c2ccc(F)cc2Cl)CC1)c1ccc(Br)cc1. The Labute approximate surface area is 181 Å². The lowest BCUT2D eigenvalue weighted by molar-refractivity contribution is -0.132. The summed E-state index contributed by atoms with van der Waals surface area (Å²) in [7, 11) is 0. The maximum absolute atomic E-state index is 13.2. The highest BCUT2D eigenvalue weighted by Crippen LogP contribution is 2.20. The number of nitrogens with zero attached hydrogens (tertiary/aromatic N) is 2. The molecule has 0 unspecified atom stereocenters. The third-order valence-electron chi connectivity index (χ3n) is 4.81. The topological polar surface area (TPSA) is 57.7 Å². The van der Waals surface area contributed by atoms with Crippen LogP contribution in [-0.4, -0.2) is 53.6 Å². The second-order valence-corrected chi connectivity index (χ2v) is 8.05. The number of ketones is 1. The number of benzene rings is 2. The van der Waals surface area contributed by atoms with Crippen LogP contribution in [0.3, 0.4) is 0 Å². The predicted octanol–water partition coefficient (Wildman–Crippen LogP) is 4.19. The maximum Gasteiger partial charge on any atom is 0.255 e. The van der Waals surface area contributed by atoms with Gasteiger partial charge in [-0.05, 0) is 30.3 Å². The zero-order valence-corrected chi connectivity index (χ0v) is 17.9. The van der Waals surface area contributed by atoms with Gasteiger partial charge in [0.2, 0.25) is 5.91 Å². The maximum atomic E-state index is 13.2. The van der Waals surface area contributed by atoms with Crippen molar-refractivity contribution in [2.24, 2.45) is 0 Å². The van der Waals surface area contributed by atoms with Gasteiger partial charge in [-0.15, -0.1) is 0 Å². The highest BCUT2D eigenvalue weighted by molar-refractivity contribution is 9.10. The average molecular weight is 482 g/mol. The quantitative estimate of drug-likeness (QED) is 0.602. The first-order valence-electron chi connectivity index (χ1n) is 9.16. The Balaban J connectivity index is 1.49. The highest BCUT2D eigenvalue weighted by Gasteiger charge is 2.26. The van der Waals surface area contributed by atoms with Gasteiger partial charge in [0.15, 0.2) is 5.78 Å². The van der Waals surface area contributed by atoms with Crippen LogP contribution in [0.15, 0.2) is 46.9 Å². The van der Waals surface area contributed by atoms with E-state index in [1.807, 2.05) is 0 Å². The van der Waals surface area contributed by atoms with Crippen molar-refractivity contribution in [2.45, 2.75) is 12.8 Å². The molecule has 0 atom stereocenters. The van der Waals surface area contributed by atoms with E-state index in [0.717, 1.165) is 10.5 Å². The number of carbonyl (C=O) groups is 3. The fourth-order valence-electron chi connectivity index (χ4n) is 3.15. The first-order valence-corrected chi connectivity index (χ1v) is 10.3. The van der Waals surface area contributed by atoms with Gasteiger partial charge in [-0.1, -0.05) is 39.7 Å². The van der Waals surface area contributed by atoms with Crippen molar-refractivity contribution in [1.29, 1.82) is 0 Å². The number of Topliss-reactive ketones (excluding diaryl/α,β-unsaturated/α-hetero) is 1. The molecule has 1 aliphatic heterocycles. The van der Waals surface area contributed by atoms with E-state index in [1.165, 1.54) is 12.1 Å². The largest absolute Gasteiger partial charge is 0.339 e. The minimum Gasteiger partial charge on any atom is -0.339 e. The Bertz CT molecular complexity index is 928. The van der Waals surface area contributed by atoms with Crippen molar-refractivity contribution in [3.8, 4) is 0 Å². The van der Waals surface area contributed by atoms with Gasteiger partial charge in [-0.3, -0.25) is 14.4 Å². The van der Waals surface area contributed by atoms with Crippen LogP contribution in [0.4, 0.5) is 4.39 Å². The van der Waals surface area contributed by atoms with E-state index in [1.54, 1.807) is 34.1 Å². The number of carbonyl (C=O) groups excluding carboxylic acids is 3. The molecule has 1 saturated heterocycles. The van der Waals surface area contributed by atoms with Crippen molar-refractivity contribution >= 4 is 45.1 Å². The summed E-state index contributed by atoms with van der Waals surface area (Å²) in [6.45, 7) is 1.49. The summed E-state index contributed by atoms with van der Waals surface area (Å²) in [4.78, 5) is 40.5. The van der Waals surface area contributed by atoms with Gasteiger partial charge >= 0.3 is 0 Å². The molecule has 0 spiro atoms. The lowest BCUT2D eigenvalue weighted by Crippen LogP contribution is -2.50. The first kappa shape index (κ1) is 21.5. The van der Waals surface area contributed by atoms with E-state index in [-0.39, 0.29) is 41.0 Å². The lowest BCUT2D eigenvalue weighted by atomic mass is 10.1. The summed E-state index contributed by atoms with van der Waals surface area (Å²) in [6, 6.07) is 10.7. The Morgan fingerprint density at radius 2 is 1.55 bits per heavy atom. The van der Waals surface area contributed by atoms with Gasteiger partial charge in [0, 0.05) is 49.1 Å². The van der Waals surface area contributed by atoms with E-state index >= 15 is 0 Å². The van der Waals surface area contributed by atoms with E-state index in [4.69, 9.17) is 11.6 Å². The first-order chi connectivity index (χ1) is 13.8. The third-order valence-corrected chi connectivity index (χ3v) is 5.65. The number of rotatable bonds is 5. The standard InChI is InChI=1S/C21H19BrClFN2O3/c22-15-3-1-14(2-4-15)19(27)7-8-20(28)25-9-11-26(12-10-25)21(29)17-6-5-16(24)13-18(17)23/h1-6,13H,7-12H2. The van der Waals surface area contributed by atoms with E-state index in [2.05, 4.69) is 15.9 Å². The number of amides is 2. The zero-order valence-electron chi connectivity index (χ0n) is 15.5. The van der Waals surface area contributed by atoms with Gasteiger partial charge in [0.25, 0.3) is 5.91 Å². The van der Waals surface area contributed by atoms with Crippen LogP contribution in [0, 0.1) is 5.82 Å². The minimum absolute atomic E-state index is 0.0694. The zero-order chi connectivity index (χ0) is 21.0. The molecule has 2 aromatic carbocycles. The number of hydrogen-bond acceptors (Lipinski definition) is 3. The van der Waals surface area contributed by atoms with Gasteiger partial charge in [0.05, 0.1) is 10.6 Å². The van der Waals surface area contributed by atoms with Crippen LogP contribution < -0.4 is 0 Å². The molecule has 1 aliphatic rings. The molecule has 29 heavy (non-hydrogen) atoms. The van der Waals surface area contributed by atoms with Crippen LogP contribution >= 0.6 is 27.5 Å². The Hall–Kier alpha value is -2.25. The molecule has 1 fully saturated rings. The summed E-state index contributed by atoms with van der Waals surface area (Å²) in [6.07, 6.45) is 0.275. The molecule has 2 amide bonds. The molecule has 0 saturated carbocycles. The van der Waals surface area contributed by atoms with E-state index < -0.39 is 5.82 Å². The molecule has 152 valence electrons. The summed E-state index contributed by atoms with van der Waals surface area (Å²) in [5, 5.41) is 0.0694. The summed E-state index contributed by atoms with van der Waals surface area (Å²) in [5.74, 6) is -0.972. The van der Waals surface area contributed by atoms with Gasteiger partial charge < -0.3 is 9.80 Å². The van der Waals surface area contributed by atoms with E-state index in [0.29, 0.717) is 31.7 Å². The van der Waals surface area contributed by atoms with Gasteiger partial charge in [-0.25, -0.2) is 4.39 Å². The summed E-state index contributed by atoms with van der Waals surface area (Å²) in [5.41, 5.74) is 0.820. The average Bonchev–Trinajstić information content (AvgIpc) is 2.72. The van der Waals surface area contributed by atoms with Crippen molar-refractivity contribution < 1.29 is 18.8 Å². The number of halogens is 3. The molecule has 2 aromatic rings. The lowest BCUT2D eigenvalue weighted by Gasteiger charge is -2.35. The van der Waals surface area contributed by atoms with Gasteiger partial charge in [-0.2, -0.15) is 0 Å². The minimum atomic E-state index is -0.500. The summed E-state index contributed by atoms with van der Waals surface area (Å²) >= 11 is 9.29. The Kier molecular flexibility index (Phi) is 7.03. The Morgan fingerprint density at radius 3 is 2.17 bits per heavy atom. The molecule has 8 heteroatoms. The van der Waals surface area contributed by atoms with Crippen molar-refractivity contribution in [3.63, 3.8) is 0 Å². The number of piperazine rings is 1. The van der Waals surface area contributed by atoms with Crippen molar-refractivity contribution in [2.75, 3.05) is 26.2 Å². The van der Waals surface area contributed by atoms with Crippen molar-refractivity contribution in [3.05, 3.63) is 68.9 Å². The second kappa shape index (κ2) is 9.50. The molecule has 0 radical (unpaired) electrons. The molecule has 3 rings (SSSR count). The van der Waals surface area contributed by atoms with Crippen LogP contribution in [-0.2, 0) is 4.79 Å². The monoisotopic (exact) mass is 480 g/mol. The molecule has 1 heterocycles. The smallest absolute Gasteiger partial charge is 0.255 e. The van der Waals surface area contributed by atoms with Crippen LogP contribution in [0.5, 0.6) is 0 Å². The Morgan fingerprint density at radius 1 is 0.931 bits per heavy atom. The fourth-order valence-corrected chi connectivity index (χ4v) is 3.66. The number of hydrogen-bond donors (Lipinski definition) is 0. The van der Waals surface area contributed by atoms with Crippen molar-refractivity contribution in [1.82, 2.24) is 9.80 Å². The predicted molar refractivity (Wildman–Crippen MR) is 112 cm³/mol. The van der Waals surface area contributed by atoms with Crippen LogP contribution in [0.1, 0.15) is 33.6 Å². The van der Waals surface area contributed by atoms with Gasteiger partial charge in [0.1, 0.15) is 5.82 Å². The van der Waals surface area contributed by atoms with E-state index in [9.17, 15) is 18.8 Å². The highest BCUT2D eigenvalue weighted by atomic mass is 79.9. The molecule has 0 aromatic heterocycles. The molecule has 0 aliphatic carbocycles.